The van der Waals surface area contributed by atoms with Crippen molar-refractivity contribution in [2.24, 2.45) is 5.92 Å². The molecular formula is C16H24N2OS. The predicted molar refractivity (Wildman–Crippen MR) is 85.0 cm³/mol. The summed E-state index contributed by atoms with van der Waals surface area (Å²) in [6.45, 7) is 6.64. The number of nitrogens with zero attached hydrogens (tertiary/aromatic N) is 1. The maximum absolute atomic E-state index is 11.7. The van der Waals surface area contributed by atoms with Gasteiger partial charge in [0.1, 0.15) is 0 Å². The fourth-order valence-corrected chi connectivity index (χ4v) is 3.54. The Morgan fingerprint density at radius 3 is 2.85 bits per heavy atom. The first-order valence-electron chi connectivity index (χ1n) is 7.33. The highest BCUT2D eigenvalue weighted by atomic mass is 32.2. The summed E-state index contributed by atoms with van der Waals surface area (Å²) in [4.78, 5) is 15.3. The number of carbonyl (C=O) groups excluding carboxylic acids is 1. The van der Waals surface area contributed by atoms with Crippen LogP contribution in [0.2, 0.25) is 0 Å². The number of hydrogen-bond acceptors (Lipinski definition) is 3. The second-order valence-corrected chi connectivity index (χ2v) is 6.83. The van der Waals surface area contributed by atoms with Gasteiger partial charge in [-0.1, -0.05) is 18.2 Å². The first-order valence-corrected chi connectivity index (χ1v) is 8.31. The van der Waals surface area contributed by atoms with Crippen molar-refractivity contribution < 1.29 is 4.79 Å². The van der Waals surface area contributed by atoms with Gasteiger partial charge in [0.05, 0.1) is 6.54 Å². The molecule has 110 valence electrons. The van der Waals surface area contributed by atoms with E-state index < -0.39 is 0 Å². The molecule has 1 heterocycles. The minimum Gasteiger partial charge on any atom is -0.353 e. The van der Waals surface area contributed by atoms with Crippen LogP contribution < -0.4 is 5.32 Å². The van der Waals surface area contributed by atoms with Crippen molar-refractivity contribution in [1.29, 1.82) is 0 Å². The smallest absolute Gasteiger partial charge is 0.234 e. The monoisotopic (exact) mass is 292 g/mol. The second-order valence-electron chi connectivity index (χ2n) is 5.74. The molecule has 1 fully saturated rings. The zero-order valence-corrected chi connectivity index (χ0v) is 13.2. The normalized spacial score (nSPS) is 19.4. The lowest BCUT2D eigenvalue weighted by molar-refractivity contribution is -0.122. The average molecular weight is 292 g/mol. The van der Waals surface area contributed by atoms with E-state index in [0.717, 1.165) is 18.8 Å². The minimum atomic E-state index is 0.149. The molecule has 0 radical (unpaired) electrons. The molecule has 0 saturated carbocycles. The molecule has 1 saturated heterocycles. The summed E-state index contributed by atoms with van der Waals surface area (Å²) in [5.41, 5.74) is 0. The van der Waals surface area contributed by atoms with Gasteiger partial charge < -0.3 is 5.32 Å². The van der Waals surface area contributed by atoms with Crippen molar-refractivity contribution in [3.05, 3.63) is 30.3 Å². The van der Waals surface area contributed by atoms with Crippen LogP contribution in [0.3, 0.4) is 0 Å². The number of carbonyl (C=O) groups is 1. The van der Waals surface area contributed by atoms with E-state index in [2.05, 4.69) is 40.5 Å². The Bertz CT molecular complexity index is 422. The lowest BCUT2D eigenvalue weighted by Crippen LogP contribution is -2.39. The fourth-order valence-electron chi connectivity index (χ4n) is 2.49. The standard InChI is InChI=1S/C16H24N2OS/c1-13(2)17-16(19)11-18-9-8-14(10-18)12-20-15-6-4-3-5-7-15/h3-7,13-14H,8-12H2,1-2H3,(H,17,19). The molecule has 3 nitrogen and oxygen atoms in total. The van der Waals surface area contributed by atoms with Gasteiger partial charge in [-0.2, -0.15) is 0 Å². The molecule has 1 aromatic carbocycles. The zero-order valence-electron chi connectivity index (χ0n) is 12.3. The van der Waals surface area contributed by atoms with Gasteiger partial charge in [-0.15, -0.1) is 11.8 Å². The predicted octanol–water partition coefficient (Wildman–Crippen LogP) is 2.63. The summed E-state index contributed by atoms with van der Waals surface area (Å²) >= 11 is 1.92. The molecule has 0 spiro atoms. The van der Waals surface area contributed by atoms with Gasteiger partial charge >= 0.3 is 0 Å². The van der Waals surface area contributed by atoms with Crippen molar-refractivity contribution >= 4 is 17.7 Å². The number of hydrogen-bond donors (Lipinski definition) is 1. The van der Waals surface area contributed by atoms with Gasteiger partial charge in [0.25, 0.3) is 0 Å². The largest absolute Gasteiger partial charge is 0.353 e. The number of thioether (sulfide) groups is 1. The molecule has 1 aliphatic heterocycles. The number of amides is 1. The molecular weight excluding hydrogens is 268 g/mol. The molecule has 0 bridgehead atoms. The molecule has 4 heteroatoms. The Balaban J connectivity index is 1.69. The van der Waals surface area contributed by atoms with Crippen LogP contribution in [0.15, 0.2) is 35.2 Å². The van der Waals surface area contributed by atoms with E-state index in [1.165, 1.54) is 11.3 Å². The highest BCUT2D eigenvalue weighted by Gasteiger charge is 2.24. The Kier molecular flexibility index (Phi) is 5.92. The third-order valence-electron chi connectivity index (χ3n) is 3.42. The van der Waals surface area contributed by atoms with E-state index >= 15 is 0 Å². The van der Waals surface area contributed by atoms with Gasteiger partial charge in [-0.3, -0.25) is 9.69 Å². The first kappa shape index (κ1) is 15.4. The van der Waals surface area contributed by atoms with Crippen LogP contribution >= 0.6 is 11.8 Å². The number of benzene rings is 1. The summed E-state index contributed by atoms with van der Waals surface area (Å²) in [7, 11) is 0. The molecule has 1 unspecified atom stereocenters. The first-order chi connectivity index (χ1) is 9.63. The average Bonchev–Trinajstić information content (AvgIpc) is 2.84. The van der Waals surface area contributed by atoms with E-state index in [1.807, 2.05) is 25.6 Å². The number of likely N-dealkylation sites (tertiary alicyclic amines) is 1. The number of nitrogens with one attached hydrogen (secondary N) is 1. The minimum absolute atomic E-state index is 0.149. The summed E-state index contributed by atoms with van der Waals surface area (Å²) < 4.78 is 0. The topological polar surface area (TPSA) is 32.3 Å². The lowest BCUT2D eigenvalue weighted by Gasteiger charge is -2.16. The summed E-state index contributed by atoms with van der Waals surface area (Å²) in [5, 5.41) is 2.96. The summed E-state index contributed by atoms with van der Waals surface area (Å²) in [6, 6.07) is 10.8. The SMILES string of the molecule is CC(C)NC(=O)CN1CCC(CSc2ccccc2)C1. The lowest BCUT2D eigenvalue weighted by atomic mass is 10.2. The Labute approximate surface area is 126 Å². The van der Waals surface area contributed by atoms with E-state index in [4.69, 9.17) is 0 Å². The van der Waals surface area contributed by atoms with Crippen LogP contribution in [0.4, 0.5) is 0 Å². The Hall–Kier alpha value is -1.00. The maximum Gasteiger partial charge on any atom is 0.234 e. The summed E-state index contributed by atoms with van der Waals surface area (Å²) in [6.07, 6.45) is 1.20. The molecule has 0 aliphatic carbocycles. The molecule has 2 rings (SSSR count). The third-order valence-corrected chi connectivity index (χ3v) is 4.66. The summed E-state index contributed by atoms with van der Waals surface area (Å²) in [5.74, 6) is 2.00. The van der Waals surface area contributed by atoms with Gasteiger partial charge in [-0.05, 0) is 44.9 Å². The van der Waals surface area contributed by atoms with Crippen molar-refractivity contribution in [2.45, 2.75) is 31.2 Å². The van der Waals surface area contributed by atoms with E-state index in [1.54, 1.807) is 0 Å². The Morgan fingerprint density at radius 1 is 1.40 bits per heavy atom. The van der Waals surface area contributed by atoms with Crippen LogP contribution in [0.1, 0.15) is 20.3 Å². The quantitative estimate of drug-likeness (QED) is 0.818. The molecule has 1 aromatic rings. The number of rotatable bonds is 6. The van der Waals surface area contributed by atoms with Crippen LogP contribution in [0.5, 0.6) is 0 Å². The molecule has 1 N–H and O–H groups in total. The van der Waals surface area contributed by atoms with Crippen molar-refractivity contribution in [3.63, 3.8) is 0 Å². The van der Waals surface area contributed by atoms with E-state index in [-0.39, 0.29) is 11.9 Å². The highest BCUT2D eigenvalue weighted by molar-refractivity contribution is 7.99. The molecule has 1 atom stereocenters. The van der Waals surface area contributed by atoms with Gasteiger partial charge in [0.2, 0.25) is 5.91 Å². The fraction of sp³-hybridized carbons (Fsp3) is 0.562. The van der Waals surface area contributed by atoms with Crippen LogP contribution in [0, 0.1) is 5.92 Å². The van der Waals surface area contributed by atoms with Gasteiger partial charge in [-0.25, -0.2) is 0 Å². The maximum atomic E-state index is 11.7. The zero-order chi connectivity index (χ0) is 14.4. The molecule has 0 aromatic heterocycles. The van der Waals surface area contributed by atoms with Crippen molar-refractivity contribution in [2.75, 3.05) is 25.4 Å². The van der Waals surface area contributed by atoms with Crippen LogP contribution in [-0.4, -0.2) is 42.2 Å². The molecule has 1 amide bonds. The van der Waals surface area contributed by atoms with E-state index in [9.17, 15) is 4.79 Å². The van der Waals surface area contributed by atoms with Crippen molar-refractivity contribution in [1.82, 2.24) is 10.2 Å². The van der Waals surface area contributed by atoms with Crippen LogP contribution in [-0.2, 0) is 4.79 Å². The van der Waals surface area contributed by atoms with Gasteiger partial charge in [0.15, 0.2) is 0 Å². The highest BCUT2D eigenvalue weighted by Crippen LogP contribution is 2.25. The second kappa shape index (κ2) is 7.70. The van der Waals surface area contributed by atoms with Crippen molar-refractivity contribution in [3.8, 4) is 0 Å². The molecule has 1 aliphatic rings. The van der Waals surface area contributed by atoms with E-state index in [0.29, 0.717) is 12.5 Å². The third kappa shape index (κ3) is 5.17. The van der Waals surface area contributed by atoms with Gasteiger partial charge in [0, 0.05) is 23.2 Å². The Morgan fingerprint density at radius 2 is 2.15 bits per heavy atom. The van der Waals surface area contributed by atoms with Crippen LogP contribution in [0.25, 0.3) is 0 Å². The molecule has 20 heavy (non-hydrogen) atoms.